The Balaban J connectivity index is 2.35. The van der Waals surface area contributed by atoms with Crippen molar-refractivity contribution in [3.05, 3.63) is 53.3 Å². The topological polar surface area (TPSA) is 120 Å². The number of hydrogen-bond acceptors (Lipinski definition) is 5. The third kappa shape index (κ3) is 5.79. The first-order valence-electron chi connectivity index (χ1n) is 9.42. The van der Waals surface area contributed by atoms with Crippen LogP contribution in [0.5, 0.6) is 5.75 Å². The number of rotatable bonds is 9. The summed E-state index contributed by atoms with van der Waals surface area (Å²) in [5.41, 5.74) is 1.02. The summed E-state index contributed by atoms with van der Waals surface area (Å²) in [4.78, 5) is 10.0. The minimum Gasteiger partial charge on any atom is -0.508 e. The summed E-state index contributed by atoms with van der Waals surface area (Å²) in [6.07, 6.45) is 4.10. The molecule has 0 aliphatic heterocycles. The lowest BCUT2D eigenvalue weighted by Crippen LogP contribution is -2.28. The van der Waals surface area contributed by atoms with E-state index >= 15 is 0 Å². The number of phenolic OH excluding ortho intramolecular Hbond substituents is 1. The molecule has 0 heterocycles. The van der Waals surface area contributed by atoms with E-state index in [1.807, 2.05) is 13.8 Å². The zero-order chi connectivity index (χ0) is 20.7. The van der Waals surface area contributed by atoms with Gasteiger partial charge in [-0.15, -0.1) is 0 Å². The number of hydrogen-bond donors (Lipinski definition) is 4. The van der Waals surface area contributed by atoms with Crippen LogP contribution in [0.15, 0.2) is 52.5 Å². The fourth-order valence-electron chi connectivity index (χ4n) is 3.12. The minimum absolute atomic E-state index is 0.107. The lowest BCUT2D eigenvalue weighted by Gasteiger charge is -2.27. The second-order valence-electron chi connectivity index (χ2n) is 6.68. The highest BCUT2D eigenvalue weighted by Gasteiger charge is 2.31. The van der Waals surface area contributed by atoms with Crippen molar-refractivity contribution in [2.45, 2.75) is 51.6 Å². The van der Waals surface area contributed by atoms with Gasteiger partial charge in [0.15, 0.2) is 0 Å². The molecule has 2 rings (SSSR count). The molecule has 28 heavy (non-hydrogen) atoms. The Labute approximate surface area is 165 Å². The van der Waals surface area contributed by atoms with Gasteiger partial charge in [0.25, 0.3) is 0 Å². The summed E-state index contributed by atoms with van der Waals surface area (Å²) in [6.45, 7) is 3.93. The summed E-state index contributed by atoms with van der Waals surface area (Å²) >= 11 is 0. The predicted molar refractivity (Wildman–Crippen MR) is 109 cm³/mol. The molecule has 154 valence electrons. The molecule has 1 aromatic carbocycles. The van der Waals surface area contributed by atoms with Crippen LogP contribution >= 0.6 is 7.75 Å². The number of benzene rings is 1. The van der Waals surface area contributed by atoms with Crippen molar-refractivity contribution in [3.8, 4) is 5.75 Å². The number of nitrogens with zero attached hydrogens (tertiary/aromatic N) is 1. The quantitative estimate of drug-likeness (QED) is 0.355. The highest BCUT2D eigenvalue weighted by molar-refractivity contribution is 7.51. The number of phenols is 1. The molecule has 8 heteroatoms. The van der Waals surface area contributed by atoms with Crippen molar-refractivity contribution in [1.29, 1.82) is 0 Å². The average Bonchev–Trinajstić information content (AvgIpc) is 2.63. The highest BCUT2D eigenvalue weighted by atomic mass is 31.2. The molecular formula is C20H28NO6P. The van der Waals surface area contributed by atoms with Crippen molar-refractivity contribution in [2.75, 3.05) is 6.61 Å². The van der Waals surface area contributed by atoms with Crippen LogP contribution in [0.3, 0.4) is 0 Å². The van der Waals surface area contributed by atoms with Crippen molar-refractivity contribution in [3.63, 3.8) is 0 Å². The molecule has 0 aromatic heterocycles. The Kier molecular flexibility index (Phi) is 8.01. The molecule has 1 aliphatic rings. The van der Waals surface area contributed by atoms with E-state index in [1.165, 1.54) is 18.2 Å². The van der Waals surface area contributed by atoms with Crippen molar-refractivity contribution in [2.24, 2.45) is 4.76 Å². The van der Waals surface area contributed by atoms with Crippen LogP contribution < -0.4 is 0 Å². The van der Waals surface area contributed by atoms with E-state index in [2.05, 4.69) is 4.76 Å². The first-order valence-corrected chi connectivity index (χ1v) is 11.0. The van der Waals surface area contributed by atoms with E-state index in [0.29, 0.717) is 12.8 Å². The van der Waals surface area contributed by atoms with Crippen LogP contribution in [0.4, 0.5) is 0 Å². The molecule has 0 saturated carbocycles. The van der Waals surface area contributed by atoms with Crippen LogP contribution in [0, 0.1) is 0 Å². The minimum atomic E-state index is -4.25. The van der Waals surface area contributed by atoms with Gasteiger partial charge < -0.3 is 20.2 Å². The lowest BCUT2D eigenvalue weighted by atomic mass is 9.83. The third-order valence-electron chi connectivity index (χ3n) is 4.62. The lowest BCUT2D eigenvalue weighted by molar-refractivity contribution is 0.175. The van der Waals surface area contributed by atoms with Gasteiger partial charge in [-0.1, -0.05) is 38.5 Å². The van der Waals surface area contributed by atoms with Crippen LogP contribution in [0.1, 0.15) is 51.0 Å². The number of aliphatic hydroxyl groups is 2. The van der Waals surface area contributed by atoms with Gasteiger partial charge in [-0.2, -0.15) is 4.76 Å². The van der Waals surface area contributed by atoms with Gasteiger partial charge in [0.1, 0.15) is 11.5 Å². The van der Waals surface area contributed by atoms with E-state index in [0.717, 1.165) is 12.0 Å². The molecule has 3 unspecified atom stereocenters. The van der Waals surface area contributed by atoms with Crippen LogP contribution in [0.25, 0.3) is 0 Å². The van der Waals surface area contributed by atoms with E-state index in [9.17, 15) is 24.8 Å². The molecule has 0 saturated heterocycles. The van der Waals surface area contributed by atoms with Gasteiger partial charge in [-0.25, -0.2) is 4.57 Å². The zero-order valence-corrected chi connectivity index (χ0v) is 17.0. The molecule has 3 atom stereocenters. The molecule has 1 aliphatic carbocycles. The van der Waals surface area contributed by atoms with Crippen LogP contribution in [-0.4, -0.2) is 38.6 Å². The van der Waals surface area contributed by atoms with E-state index in [4.69, 9.17) is 4.52 Å². The second-order valence-corrected chi connectivity index (χ2v) is 8.12. The standard InChI is InChI=1S/C20H28NO6P/c1-3-5-13-27-28(25,26)21-17-7-6-8-18(23)19(17)20(24)16(4-2)14-9-11-15(22)12-10-14/h6,8-12,16,20,22-24H,3-5,7,13H2,1-2H3,(H,25,26). The van der Waals surface area contributed by atoms with Crippen molar-refractivity contribution >= 4 is 13.5 Å². The molecule has 0 spiro atoms. The van der Waals surface area contributed by atoms with Gasteiger partial charge in [0.2, 0.25) is 0 Å². The highest BCUT2D eigenvalue weighted by Crippen LogP contribution is 2.46. The monoisotopic (exact) mass is 409 g/mol. The van der Waals surface area contributed by atoms with Gasteiger partial charge in [-0.3, -0.25) is 4.52 Å². The first-order chi connectivity index (χ1) is 13.3. The average molecular weight is 409 g/mol. The summed E-state index contributed by atoms with van der Waals surface area (Å²) < 4.78 is 21.1. The molecule has 0 amide bonds. The SMILES string of the molecule is CCCCOP(=O)(O)N=C1CC=CC(O)=C1C(O)C(CC)c1ccc(O)cc1. The van der Waals surface area contributed by atoms with Gasteiger partial charge in [-0.05, 0) is 36.6 Å². The normalized spacial score (nSPS) is 20.2. The smallest absolute Gasteiger partial charge is 0.451 e. The Morgan fingerprint density at radius 2 is 1.89 bits per heavy atom. The number of unbranched alkanes of at least 4 members (excludes halogenated alkanes) is 1. The van der Waals surface area contributed by atoms with Crippen LogP contribution in [-0.2, 0) is 9.09 Å². The summed E-state index contributed by atoms with van der Waals surface area (Å²) in [5.74, 6) is -0.472. The molecule has 0 radical (unpaired) electrons. The Morgan fingerprint density at radius 3 is 2.50 bits per heavy atom. The van der Waals surface area contributed by atoms with Crippen molar-refractivity contribution in [1.82, 2.24) is 0 Å². The van der Waals surface area contributed by atoms with E-state index in [-0.39, 0.29) is 35.8 Å². The third-order valence-corrected chi connectivity index (χ3v) is 5.63. The summed E-state index contributed by atoms with van der Waals surface area (Å²) in [7, 11) is -4.25. The Hall–Kier alpha value is -1.92. The summed E-state index contributed by atoms with van der Waals surface area (Å²) in [5, 5.41) is 30.8. The Bertz CT molecular complexity index is 799. The number of aromatic hydroxyl groups is 1. The molecule has 1 aromatic rings. The van der Waals surface area contributed by atoms with Crippen LogP contribution in [0.2, 0.25) is 0 Å². The van der Waals surface area contributed by atoms with Gasteiger partial charge >= 0.3 is 7.75 Å². The van der Waals surface area contributed by atoms with Gasteiger partial charge in [0.05, 0.1) is 18.4 Å². The molecule has 4 N–H and O–H groups in total. The van der Waals surface area contributed by atoms with Gasteiger partial charge in [0, 0.05) is 17.9 Å². The fraction of sp³-hybridized carbons (Fsp3) is 0.450. The second kappa shape index (κ2) is 10.0. The maximum atomic E-state index is 12.3. The summed E-state index contributed by atoms with van der Waals surface area (Å²) in [6, 6.07) is 6.45. The fourth-order valence-corrected chi connectivity index (χ4v) is 4.04. The molecule has 7 nitrogen and oxygen atoms in total. The maximum absolute atomic E-state index is 12.3. The van der Waals surface area contributed by atoms with E-state index < -0.39 is 19.8 Å². The van der Waals surface area contributed by atoms with E-state index in [1.54, 1.807) is 18.2 Å². The largest absolute Gasteiger partial charge is 0.508 e. The predicted octanol–water partition coefficient (Wildman–Crippen LogP) is 4.38. The zero-order valence-electron chi connectivity index (χ0n) is 16.2. The molecular weight excluding hydrogens is 381 g/mol. The van der Waals surface area contributed by atoms with Crippen molar-refractivity contribution < 1.29 is 29.3 Å². The molecule has 0 bridgehead atoms. The maximum Gasteiger partial charge on any atom is 0.451 e. The first kappa shape index (κ1) is 22.4. The molecule has 0 fully saturated rings. The number of aliphatic hydroxyl groups excluding tert-OH is 2. The Morgan fingerprint density at radius 1 is 1.21 bits per heavy atom. The number of allylic oxidation sites excluding steroid dienone is 2.